The normalized spacial score (nSPS) is 12.1. The van der Waals surface area contributed by atoms with Crippen molar-refractivity contribution in [3.8, 4) is 0 Å². The van der Waals surface area contributed by atoms with Crippen molar-refractivity contribution >= 4 is 39.8 Å². The van der Waals surface area contributed by atoms with Gasteiger partial charge in [-0.05, 0) is 26.0 Å². The fourth-order valence-corrected chi connectivity index (χ4v) is 2.25. The van der Waals surface area contributed by atoms with Gasteiger partial charge in [0.1, 0.15) is 0 Å². The number of aromatic nitrogens is 1. The van der Waals surface area contributed by atoms with E-state index in [0.717, 1.165) is 6.26 Å². The molecule has 19 heavy (non-hydrogen) atoms. The van der Waals surface area contributed by atoms with Crippen LogP contribution in [0, 0.1) is 0 Å². The molecule has 0 saturated carbocycles. The Bertz CT molecular complexity index is 543. The second kappa shape index (κ2) is 7.63. The predicted octanol–water partition coefficient (Wildman–Crippen LogP) is 0.916. The molecule has 6 nitrogen and oxygen atoms in total. The Morgan fingerprint density at radius 2 is 2.16 bits per heavy atom. The van der Waals surface area contributed by atoms with Gasteiger partial charge in [-0.1, -0.05) is 0 Å². The van der Waals surface area contributed by atoms with E-state index < -0.39 is 9.84 Å². The van der Waals surface area contributed by atoms with Gasteiger partial charge in [0.15, 0.2) is 15.8 Å². The van der Waals surface area contributed by atoms with Crippen LogP contribution in [0.25, 0.3) is 0 Å². The number of hydrogen-bond acceptors (Lipinski definition) is 4. The van der Waals surface area contributed by atoms with Crippen molar-refractivity contribution in [1.82, 2.24) is 10.3 Å². The summed E-state index contributed by atoms with van der Waals surface area (Å²) in [5.41, 5.74) is 6.04. The summed E-state index contributed by atoms with van der Waals surface area (Å²) in [6.45, 7) is 4.00. The Kier molecular flexibility index (Phi) is 7.27. The summed E-state index contributed by atoms with van der Waals surface area (Å²) < 4.78 is 23.1. The first-order valence-electron chi connectivity index (χ1n) is 5.51. The number of sulfone groups is 1. The minimum atomic E-state index is -3.30. The fourth-order valence-electron chi connectivity index (χ4n) is 1.38. The first-order valence-corrected chi connectivity index (χ1v) is 7.40. The van der Waals surface area contributed by atoms with Gasteiger partial charge in [-0.2, -0.15) is 0 Å². The summed E-state index contributed by atoms with van der Waals surface area (Å²) in [7, 11) is -3.30. The number of nitrogens with two attached hydrogens (primary N) is 1. The predicted molar refractivity (Wildman–Crippen MR) is 86.4 cm³/mol. The van der Waals surface area contributed by atoms with E-state index in [0.29, 0.717) is 5.69 Å². The standard InChI is InChI=1S/C11H18N4O2S.HI/c1-8(2)15-11(12)14-7-9-10(18(3,16)17)5-4-6-13-9;/h4-6,8H,7H2,1-3H3,(H3,12,14,15);1H. The largest absolute Gasteiger partial charge is 0.370 e. The van der Waals surface area contributed by atoms with E-state index in [1.54, 1.807) is 6.07 Å². The third-order valence-corrected chi connectivity index (χ3v) is 3.25. The highest BCUT2D eigenvalue weighted by molar-refractivity contribution is 14.0. The first-order chi connectivity index (χ1) is 8.30. The maximum absolute atomic E-state index is 11.5. The van der Waals surface area contributed by atoms with Crippen LogP contribution >= 0.6 is 24.0 Å². The highest BCUT2D eigenvalue weighted by Crippen LogP contribution is 2.13. The van der Waals surface area contributed by atoms with E-state index in [9.17, 15) is 8.42 Å². The van der Waals surface area contributed by atoms with Crippen molar-refractivity contribution in [3.63, 3.8) is 0 Å². The van der Waals surface area contributed by atoms with Gasteiger partial charge >= 0.3 is 0 Å². The van der Waals surface area contributed by atoms with E-state index in [4.69, 9.17) is 5.73 Å². The van der Waals surface area contributed by atoms with Gasteiger partial charge in [0.05, 0.1) is 17.1 Å². The summed E-state index contributed by atoms with van der Waals surface area (Å²) in [5.74, 6) is 0.273. The topological polar surface area (TPSA) is 97.4 Å². The number of hydrogen-bond donors (Lipinski definition) is 2. The molecule has 0 amide bonds. The lowest BCUT2D eigenvalue weighted by Crippen LogP contribution is -2.36. The number of halogens is 1. The molecule has 1 aromatic rings. The monoisotopic (exact) mass is 398 g/mol. The van der Waals surface area contributed by atoms with Crippen LogP contribution in [0.15, 0.2) is 28.2 Å². The molecule has 0 aliphatic carbocycles. The third-order valence-electron chi connectivity index (χ3n) is 2.08. The van der Waals surface area contributed by atoms with E-state index in [2.05, 4.69) is 15.3 Å². The minimum Gasteiger partial charge on any atom is -0.370 e. The van der Waals surface area contributed by atoms with Gasteiger partial charge in [0, 0.05) is 18.5 Å². The molecule has 0 aliphatic rings. The Hall–Kier alpha value is -0.900. The number of rotatable bonds is 4. The summed E-state index contributed by atoms with van der Waals surface area (Å²) in [4.78, 5) is 8.28. The van der Waals surface area contributed by atoms with Gasteiger partial charge in [-0.25, -0.2) is 13.4 Å². The average molecular weight is 398 g/mol. The third kappa shape index (κ3) is 6.19. The molecule has 1 aromatic heterocycles. The molecule has 1 rings (SSSR count). The Morgan fingerprint density at radius 3 is 2.68 bits per heavy atom. The van der Waals surface area contributed by atoms with Crippen molar-refractivity contribution in [2.45, 2.75) is 31.3 Å². The molecule has 8 heteroatoms. The van der Waals surface area contributed by atoms with Gasteiger partial charge < -0.3 is 11.1 Å². The van der Waals surface area contributed by atoms with Crippen LogP contribution in [-0.4, -0.2) is 31.7 Å². The van der Waals surface area contributed by atoms with Crippen LogP contribution in [0.3, 0.4) is 0 Å². The molecule has 0 aliphatic heterocycles. The second-order valence-corrected chi connectivity index (χ2v) is 6.21. The summed E-state index contributed by atoms with van der Waals surface area (Å²) in [5, 5.41) is 2.92. The lowest BCUT2D eigenvalue weighted by Gasteiger charge is -2.09. The zero-order valence-corrected chi connectivity index (χ0v) is 14.3. The highest BCUT2D eigenvalue weighted by Gasteiger charge is 2.13. The highest BCUT2D eigenvalue weighted by atomic mass is 127. The fraction of sp³-hybridized carbons (Fsp3) is 0.455. The van der Waals surface area contributed by atoms with Gasteiger partial charge in [-0.3, -0.25) is 4.98 Å². The van der Waals surface area contributed by atoms with Crippen LogP contribution in [0.2, 0.25) is 0 Å². The van der Waals surface area contributed by atoms with Gasteiger partial charge in [0.25, 0.3) is 0 Å². The van der Waals surface area contributed by atoms with Gasteiger partial charge in [-0.15, -0.1) is 24.0 Å². The summed E-state index contributed by atoms with van der Waals surface area (Å²) >= 11 is 0. The van der Waals surface area contributed by atoms with Crippen LogP contribution in [-0.2, 0) is 16.4 Å². The van der Waals surface area contributed by atoms with Crippen LogP contribution in [0.5, 0.6) is 0 Å². The lowest BCUT2D eigenvalue weighted by molar-refractivity contribution is 0.600. The van der Waals surface area contributed by atoms with Crippen molar-refractivity contribution in [3.05, 3.63) is 24.0 Å². The zero-order chi connectivity index (χ0) is 13.8. The Labute approximate surface area is 130 Å². The number of aliphatic imine (C=N–C) groups is 1. The molecule has 0 bridgehead atoms. The van der Waals surface area contributed by atoms with Crippen molar-refractivity contribution in [1.29, 1.82) is 0 Å². The van der Waals surface area contributed by atoms with Crippen molar-refractivity contribution in [2.24, 2.45) is 10.7 Å². The Morgan fingerprint density at radius 1 is 1.53 bits per heavy atom. The number of guanidine groups is 1. The molecule has 0 spiro atoms. The molecule has 0 unspecified atom stereocenters. The lowest BCUT2D eigenvalue weighted by atomic mass is 10.3. The first kappa shape index (κ1) is 18.1. The maximum atomic E-state index is 11.5. The molecular weight excluding hydrogens is 379 g/mol. The van der Waals surface area contributed by atoms with E-state index in [1.807, 2.05) is 13.8 Å². The van der Waals surface area contributed by atoms with Gasteiger partial charge in [0.2, 0.25) is 0 Å². The Balaban J connectivity index is 0.00000324. The number of pyridine rings is 1. The molecule has 0 fully saturated rings. The summed E-state index contributed by atoms with van der Waals surface area (Å²) in [6, 6.07) is 3.27. The molecule has 0 atom stereocenters. The van der Waals surface area contributed by atoms with E-state index >= 15 is 0 Å². The molecule has 0 radical (unpaired) electrons. The minimum absolute atomic E-state index is 0. The van der Waals surface area contributed by atoms with Crippen LogP contribution in [0.1, 0.15) is 19.5 Å². The molecule has 0 aromatic carbocycles. The van der Waals surface area contributed by atoms with E-state index in [-0.39, 0.29) is 47.4 Å². The van der Waals surface area contributed by atoms with E-state index in [1.165, 1.54) is 12.3 Å². The number of nitrogens with zero attached hydrogens (tertiary/aromatic N) is 2. The molecule has 108 valence electrons. The smallest absolute Gasteiger partial charge is 0.189 e. The molecule has 0 saturated heterocycles. The SMILES string of the molecule is CC(C)NC(N)=NCc1ncccc1S(C)(=O)=O.I. The molecular formula is C11H19IN4O2S. The van der Waals surface area contributed by atoms with Crippen molar-refractivity contribution in [2.75, 3.05) is 6.26 Å². The summed E-state index contributed by atoms with van der Waals surface area (Å²) in [6.07, 6.45) is 2.68. The number of nitrogens with one attached hydrogen (secondary N) is 1. The maximum Gasteiger partial charge on any atom is 0.189 e. The second-order valence-electron chi connectivity index (χ2n) is 4.22. The quantitative estimate of drug-likeness (QED) is 0.447. The van der Waals surface area contributed by atoms with Crippen LogP contribution < -0.4 is 11.1 Å². The van der Waals surface area contributed by atoms with Crippen molar-refractivity contribution < 1.29 is 8.42 Å². The van der Waals surface area contributed by atoms with Crippen LogP contribution in [0.4, 0.5) is 0 Å². The zero-order valence-electron chi connectivity index (χ0n) is 11.1. The average Bonchev–Trinajstić information content (AvgIpc) is 2.24. The molecule has 3 N–H and O–H groups in total. The molecule has 1 heterocycles.